The van der Waals surface area contributed by atoms with Gasteiger partial charge in [-0.05, 0) is 67.1 Å². The summed E-state index contributed by atoms with van der Waals surface area (Å²) < 4.78 is 4.51. The Kier molecular flexibility index (Phi) is 3.70. The van der Waals surface area contributed by atoms with E-state index in [2.05, 4.69) is 82.8 Å². The topological polar surface area (TPSA) is 48.5 Å². The third kappa shape index (κ3) is 2.56. The molecular formula is C28H19N5. The molecule has 0 amide bonds. The van der Waals surface area contributed by atoms with Crippen LogP contribution in [0.5, 0.6) is 0 Å². The summed E-state index contributed by atoms with van der Waals surface area (Å²) in [4.78, 5) is 14.6. The van der Waals surface area contributed by atoms with Gasteiger partial charge < -0.3 is 9.13 Å². The predicted molar refractivity (Wildman–Crippen MR) is 133 cm³/mol. The van der Waals surface area contributed by atoms with Crippen molar-refractivity contribution in [3.8, 4) is 11.4 Å². The number of aryl methyl sites for hydroxylation is 1. The maximum atomic E-state index is 5.18. The zero-order valence-corrected chi connectivity index (χ0v) is 18.0. The Hall–Kier alpha value is -4.51. The summed E-state index contributed by atoms with van der Waals surface area (Å²) in [5.41, 5.74) is 11.1. The first-order valence-electron chi connectivity index (χ1n) is 11.0. The standard InChI is InChI=1S/C28H19N5/c1-18-8-5-11-20(16-18)33-22-13-7-15-30-26(22)28-24(33)17-23-27(31-28)25-21(12-6-14-29-25)32(23)19-9-3-2-4-10-19/h2-17H,1H3. The second-order valence-corrected chi connectivity index (χ2v) is 8.31. The number of hydrogen-bond donors (Lipinski definition) is 0. The molecule has 0 radical (unpaired) electrons. The summed E-state index contributed by atoms with van der Waals surface area (Å²) in [6.07, 6.45) is 3.66. The Morgan fingerprint density at radius 1 is 0.515 bits per heavy atom. The first kappa shape index (κ1) is 18.1. The van der Waals surface area contributed by atoms with Crippen LogP contribution in [0.15, 0.2) is 97.3 Å². The minimum absolute atomic E-state index is 0.885. The van der Waals surface area contributed by atoms with E-state index in [1.165, 1.54) is 5.56 Å². The van der Waals surface area contributed by atoms with Gasteiger partial charge in [-0.3, -0.25) is 9.97 Å². The van der Waals surface area contributed by atoms with E-state index in [4.69, 9.17) is 15.0 Å². The lowest BCUT2D eigenvalue weighted by molar-refractivity contribution is 1.15. The van der Waals surface area contributed by atoms with Gasteiger partial charge in [0.1, 0.15) is 22.1 Å². The molecule has 0 aliphatic carbocycles. The van der Waals surface area contributed by atoms with Crippen LogP contribution in [0.1, 0.15) is 5.56 Å². The lowest BCUT2D eigenvalue weighted by atomic mass is 10.2. The van der Waals surface area contributed by atoms with Gasteiger partial charge in [0.15, 0.2) is 0 Å². The van der Waals surface area contributed by atoms with Crippen molar-refractivity contribution in [1.29, 1.82) is 0 Å². The highest BCUT2D eigenvalue weighted by Gasteiger charge is 2.20. The summed E-state index contributed by atoms with van der Waals surface area (Å²) in [7, 11) is 0. The number of pyridine rings is 3. The molecule has 0 unspecified atom stereocenters. The molecule has 0 aliphatic rings. The SMILES string of the molecule is Cc1cccc(-n2c3cccnc3c3nc4c5ncccc5n(-c5ccccc5)c4cc32)c1. The lowest BCUT2D eigenvalue weighted by Gasteiger charge is -2.09. The maximum Gasteiger partial charge on any atom is 0.116 e. The molecule has 0 N–H and O–H groups in total. The molecule has 2 aromatic carbocycles. The number of fused-ring (bicyclic) bond motifs is 6. The number of para-hydroxylation sites is 1. The average Bonchev–Trinajstić information content (AvgIpc) is 3.35. The quantitative estimate of drug-likeness (QED) is 0.323. The van der Waals surface area contributed by atoms with Crippen LogP contribution < -0.4 is 0 Å². The largest absolute Gasteiger partial charge is 0.306 e. The fourth-order valence-corrected chi connectivity index (χ4v) is 4.86. The molecular weight excluding hydrogens is 406 g/mol. The number of hydrogen-bond acceptors (Lipinski definition) is 3. The van der Waals surface area contributed by atoms with E-state index in [-0.39, 0.29) is 0 Å². The fourth-order valence-electron chi connectivity index (χ4n) is 4.86. The minimum atomic E-state index is 0.885. The summed E-state index contributed by atoms with van der Waals surface area (Å²) >= 11 is 0. The van der Waals surface area contributed by atoms with Gasteiger partial charge in [-0.1, -0.05) is 30.3 Å². The van der Waals surface area contributed by atoms with Crippen LogP contribution in [-0.4, -0.2) is 24.1 Å². The Morgan fingerprint density at radius 3 is 1.76 bits per heavy atom. The number of nitrogens with zero attached hydrogens (tertiary/aromatic N) is 5. The molecule has 33 heavy (non-hydrogen) atoms. The molecule has 0 bridgehead atoms. The van der Waals surface area contributed by atoms with Gasteiger partial charge in [-0.25, -0.2) is 4.98 Å². The zero-order chi connectivity index (χ0) is 21.9. The monoisotopic (exact) mass is 425 g/mol. The summed E-state index contributed by atoms with van der Waals surface area (Å²) in [6, 6.07) is 29.3. The minimum Gasteiger partial charge on any atom is -0.306 e. The lowest BCUT2D eigenvalue weighted by Crippen LogP contribution is -1.96. The third-order valence-electron chi connectivity index (χ3n) is 6.24. The Morgan fingerprint density at radius 2 is 1.12 bits per heavy atom. The second kappa shape index (κ2) is 6.74. The number of rotatable bonds is 2. The molecule has 7 rings (SSSR count). The molecule has 0 fully saturated rings. The summed E-state index contributed by atoms with van der Waals surface area (Å²) in [6.45, 7) is 2.12. The van der Waals surface area contributed by atoms with Gasteiger partial charge in [0.05, 0.1) is 22.1 Å². The Balaban J connectivity index is 1.70. The molecule has 5 nitrogen and oxygen atoms in total. The van der Waals surface area contributed by atoms with E-state index in [1.807, 2.05) is 30.6 Å². The van der Waals surface area contributed by atoms with Crippen molar-refractivity contribution >= 4 is 44.1 Å². The van der Waals surface area contributed by atoms with Gasteiger partial charge in [-0.15, -0.1) is 0 Å². The normalized spacial score (nSPS) is 11.8. The Bertz CT molecular complexity index is 1830. The number of aromatic nitrogens is 5. The van der Waals surface area contributed by atoms with E-state index in [0.717, 1.165) is 55.5 Å². The van der Waals surface area contributed by atoms with Gasteiger partial charge in [0, 0.05) is 23.8 Å². The predicted octanol–water partition coefficient (Wildman–Crippen LogP) is 6.37. The molecule has 156 valence electrons. The first-order valence-corrected chi connectivity index (χ1v) is 11.0. The molecule has 0 saturated heterocycles. The fraction of sp³-hybridized carbons (Fsp3) is 0.0357. The molecule has 5 heteroatoms. The molecule has 0 atom stereocenters. The van der Waals surface area contributed by atoms with Gasteiger partial charge >= 0.3 is 0 Å². The maximum absolute atomic E-state index is 5.18. The van der Waals surface area contributed by atoms with Crippen molar-refractivity contribution in [3.63, 3.8) is 0 Å². The molecule has 5 aromatic heterocycles. The number of benzene rings is 2. The van der Waals surface area contributed by atoms with E-state index >= 15 is 0 Å². The summed E-state index contributed by atoms with van der Waals surface area (Å²) in [5.74, 6) is 0. The highest BCUT2D eigenvalue weighted by molar-refractivity contribution is 6.13. The van der Waals surface area contributed by atoms with Crippen LogP contribution in [0.3, 0.4) is 0 Å². The van der Waals surface area contributed by atoms with Gasteiger partial charge in [0.25, 0.3) is 0 Å². The van der Waals surface area contributed by atoms with Crippen molar-refractivity contribution in [2.24, 2.45) is 0 Å². The first-order chi connectivity index (χ1) is 16.3. The van der Waals surface area contributed by atoms with E-state index in [1.54, 1.807) is 0 Å². The van der Waals surface area contributed by atoms with Gasteiger partial charge in [-0.2, -0.15) is 0 Å². The van der Waals surface area contributed by atoms with Crippen molar-refractivity contribution < 1.29 is 0 Å². The van der Waals surface area contributed by atoms with Crippen LogP contribution >= 0.6 is 0 Å². The molecule has 0 aliphatic heterocycles. The zero-order valence-electron chi connectivity index (χ0n) is 18.0. The van der Waals surface area contributed by atoms with Crippen molar-refractivity contribution in [2.45, 2.75) is 6.92 Å². The third-order valence-corrected chi connectivity index (χ3v) is 6.24. The summed E-state index contributed by atoms with van der Waals surface area (Å²) in [5, 5.41) is 0. The van der Waals surface area contributed by atoms with Crippen LogP contribution in [0.25, 0.3) is 55.5 Å². The van der Waals surface area contributed by atoms with E-state index < -0.39 is 0 Å². The molecule has 0 spiro atoms. The highest BCUT2D eigenvalue weighted by Crippen LogP contribution is 2.36. The molecule has 5 heterocycles. The van der Waals surface area contributed by atoms with Crippen LogP contribution in [0, 0.1) is 6.92 Å². The van der Waals surface area contributed by atoms with Crippen molar-refractivity contribution in [3.05, 3.63) is 103 Å². The Labute approximate surface area is 189 Å². The smallest absolute Gasteiger partial charge is 0.116 e. The van der Waals surface area contributed by atoms with Crippen molar-refractivity contribution in [1.82, 2.24) is 24.1 Å². The molecule has 0 saturated carbocycles. The van der Waals surface area contributed by atoms with Gasteiger partial charge in [0.2, 0.25) is 0 Å². The van der Waals surface area contributed by atoms with Crippen LogP contribution in [-0.2, 0) is 0 Å². The van der Waals surface area contributed by atoms with Crippen molar-refractivity contribution in [2.75, 3.05) is 0 Å². The molecule has 7 aromatic rings. The van der Waals surface area contributed by atoms with E-state index in [0.29, 0.717) is 0 Å². The van der Waals surface area contributed by atoms with E-state index in [9.17, 15) is 0 Å². The highest BCUT2D eigenvalue weighted by atomic mass is 15.1. The van der Waals surface area contributed by atoms with Crippen LogP contribution in [0.4, 0.5) is 0 Å². The second-order valence-electron chi connectivity index (χ2n) is 8.31. The van der Waals surface area contributed by atoms with Crippen LogP contribution in [0.2, 0.25) is 0 Å². The average molecular weight is 425 g/mol.